The number of carbonyl (C=O) groups excluding carboxylic acids is 1. The minimum Gasteiger partial charge on any atom is -0.454 e. The number of nitrogens with zero attached hydrogens (tertiary/aromatic N) is 2. The molecular weight excluding hydrogens is 342 g/mol. The van der Waals surface area contributed by atoms with Gasteiger partial charge in [0.1, 0.15) is 0 Å². The Hall–Kier alpha value is -3.54. The van der Waals surface area contributed by atoms with Crippen LogP contribution in [0.15, 0.2) is 60.8 Å². The number of rotatable bonds is 3. The Morgan fingerprint density at radius 3 is 2.74 bits per heavy atom. The third kappa shape index (κ3) is 2.57. The van der Waals surface area contributed by atoms with Crippen molar-refractivity contribution >= 4 is 17.3 Å². The van der Waals surface area contributed by atoms with E-state index in [1.165, 1.54) is 0 Å². The monoisotopic (exact) mass is 359 g/mol. The van der Waals surface area contributed by atoms with Gasteiger partial charge in [-0.3, -0.25) is 14.7 Å². The van der Waals surface area contributed by atoms with E-state index in [2.05, 4.69) is 10.3 Å². The van der Waals surface area contributed by atoms with E-state index >= 15 is 0 Å². The fourth-order valence-corrected chi connectivity index (χ4v) is 3.43. The Kier molecular flexibility index (Phi) is 3.50. The van der Waals surface area contributed by atoms with E-state index in [9.17, 15) is 4.79 Å². The summed E-state index contributed by atoms with van der Waals surface area (Å²) < 4.78 is 10.8. The van der Waals surface area contributed by atoms with Crippen molar-refractivity contribution in [2.75, 3.05) is 17.0 Å². The van der Waals surface area contributed by atoms with Gasteiger partial charge in [0.2, 0.25) is 6.79 Å². The van der Waals surface area contributed by atoms with E-state index in [-0.39, 0.29) is 12.7 Å². The number of carbonyl (C=O) groups is 1. The highest BCUT2D eigenvalue weighted by Gasteiger charge is 2.39. The molecule has 5 rings (SSSR count). The van der Waals surface area contributed by atoms with Gasteiger partial charge in [0.05, 0.1) is 11.3 Å². The number of fused-ring (bicyclic) bond motifs is 2. The molecule has 0 radical (unpaired) electrons. The van der Waals surface area contributed by atoms with Crippen LogP contribution in [0.3, 0.4) is 0 Å². The molecule has 2 aliphatic heterocycles. The summed E-state index contributed by atoms with van der Waals surface area (Å²) in [6.07, 6.45) is 1.30. The lowest BCUT2D eigenvalue weighted by molar-refractivity contribution is 0.0993. The normalized spacial score (nSPS) is 17.1. The van der Waals surface area contributed by atoms with Gasteiger partial charge in [0, 0.05) is 23.6 Å². The topological polar surface area (TPSA) is 63.7 Å². The molecule has 0 aliphatic carbocycles. The Morgan fingerprint density at radius 1 is 1.07 bits per heavy atom. The zero-order valence-corrected chi connectivity index (χ0v) is 14.7. The highest BCUT2D eigenvalue weighted by Crippen LogP contribution is 2.39. The minimum absolute atomic E-state index is 0.0693. The summed E-state index contributed by atoms with van der Waals surface area (Å²) in [5, 5.41) is 3.43. The van der Waals surface area contributed by atoms with Gasteiger partial charge in [0.25, 0.3) is 5.91 Å². The van der Waals surface area contributed by atoms with Crippen molar-refractivity contribution in [3.8, 4) is 11.5 Å². The van der Waals surface area contributed by atoms with Gasteiger partial charge in [-0.15, -0.1) is 0 Å². The second-order valence-electron chi connectivity index (χ2n) is 6.56. The van der Waals surface area contributed by atoms with Crippen molar-refractivity contribution in [3.63, 3.8) is 0 Å². The number of benzene rings is 2. The lowest BCUT2D eigenvalue weighted by Crippen LogP contribution is -2.32. The maximum Gasteiger partial charge on any atom is 0.262 e. The molecule has 0 spiro atoms. The summed E-state index contributed by atoms with van der Waals surface area (Å²) in [4.78, 5) is 19.3. The summed E-state index contributed by atoms with van der Waals surface area (Å²) in [5.41, 5.74) is 4.10. The van der Waals surface area contributed by atoms with Gasteiger partial charge >= 0.3 is 0 Å². The first-order chi connectivity index (χ1) is 13.2. The van der Waals surface area contributed by atoms with Crippen LogP contribution in [-0.4, -0.2) is 17.7 Å². The Labute approximate surface area is 156 Å². The second-order valence-corrected chi connectivity index (χ2v) is 6.56. The standard InChI is InChI=1S/C21H17N3O3/c1-13-4-7-15(8-5-13)24-20(19-16(21(24)25)3-2-10-22-19)23-14-6-9-17-18(11-14)27-12-26-17/h2-11,20,23H,12H2,1H3/t20-/m1/s1. The maximum absolute atomic E-state index is 13.1. The largest absolute Gasteiger partial charge is 0.454 e. The predicted octanol–water partition coefficient (Wildman–Crippen LogP) is 3.89. The van der Waals surface area contributed by atoms with Crippen LogP contribution in [0.5, 0.6) is 11.5 Å². The van der Waals surface area contributed by atoms with Crippen molar-refractivity contribution in [2.24, 2.45) is 0 Å². The van der Waals surface area contributed by atoms with Gasteiger partial charge in [0.15, 0.2) is 17.7 Å². The molecule has 6 heteroatoms. The first-order valence-corrected chi connectivity index (χ1v) is 8.72. The van der Waals surface area contributed by atoms with Crippen LogP contribution in [0.1, 0.15) is 27.8 Å². The highest BCUT2D eigenvalue weighted by atomic mass is 16.7. The number of ether oxygens (including phenoxy) is 2. The summed E-state index contributed by atoms with van der Waals surface area (Å²) in [7, 11) is 0. The number of hydrogen-bond acceptors (Lipinski definition) is 5. The van der Waals surface area contributed by atoms with E-state index in [1.54, 1.807) is 17.2 Å². The van der Waals surface area contributed by atoms with Gasteiger partial charge < -0.3 is 14.8 Å². The number of nitrogens with one attached hydrogen (secondary N) is 1. The highest BCUT2D eigenvalue weighted by molar-refractivity contribution is 6.11. The minimum atomic E-state index is -0.406. The van der Waals surface area contributed by atoms with Crippen LogP contribution in [0.4, 0.5) is 11.4 Å². The van der Waals surface area contributed by atoms with Gasteiger partial charge in [-0.2, -0.15) is 0 Å². The van der Waals surface area contributed by atoms with E-state index in [0.29, 0.717) is 17.0 Å². The molecule has 1 aromatic heterocycles. The molecule has 27 heavy (non-hydrogen) atoms. The Morgan fingerprint density at radius 2 is 1.89 bits per heavy atom. The van der Waals surface area contributed by atoms with Crippen molar-refractivity contribution in [3.05, 3.63) is 77.6 Å². The number of aryl methyl sites for hydroxylation is 1. The van der Waals surface area contributed by atoms with Crippen molar-refractivity contribution in [2.45, 2.75) is 13.1 Å². The van der Waals surface area contributed by atoms with Crippen molar-refractivity contribution in [1.29, 1.82) is 0 Å². The number of amides is 1. The Balaban J connectivity index is 1.56. The third-order valence-corrected chi connectivity index (χ3v) is 4.79. The van der Waals surface area contributed by atoms with Crippen LogP contribution in [0.25, 0.3) is 0 Å². The van der Waals surface area contributed by atoms with E-state index in [4.69, 9.17) is 9.47 Å². The molecule has 0 fully saturated rings. The predicted molar refractivity (Wildman–Crippen MR) is 101 cm³/mol. The van der Waals surface area contributed by atoms with Gasteiger partial charge in [-0.1, -0.05) is 17.7 Å². The fourth-order valence-electron chi connectivity index (χ4n) is 3.43. The molecule has 0 saturated carbocycles. The van der Waals surface area contributed by atoms with Gasteiger partial charge in [-0.25, -0.2) is 0 Å². The number of hydrogen-bond donors (Lipinski definition) is 1. The smallest absolute Gasteiger partial charge is 0.262 e. The Bertz CT molecular complexity index is 1030. The molecule has 1 amide bonds. The molecular formula is C21H17N3O3. The average Bonchev–Trinajstić information content (AvgIpc) is 3.26. The first kappa shape index (κ1) is 15.7. The molecule has 0 saturated heterocycles. The molecule has 0 unspecified atom stereocenters. The van der Waals surface area contributed by atoms with Gasteiger partial charge in [-0.05, 0) is 43.3 Å². The molecule has 0 bridgehead atoms. The summed E-state index contributed by atoms with van der Waals surface area (Å²) >= 11 is 0. The molecule has 3 heterocycles. The number of aromatic nitrogens is 1. The van der Waals surface area contributed by atoms with E-state index in [1.807, 2.05) is 55.5 Å². The van der Waals surface area contributed by atoms with E-state index < -0.39 is 6.17 Å². The second kappa shape index (κ2) is 6.02. The zero-order chi connectivity index (χ0) is 18.4. The molecule has 3 aromatic rings. The van der Waals surface area contributed by atoms with Crippen molar-refractivity contribution in [1.82, 2.24) is 4.98 Å². The lowest BCUT2D eigenvalue weighted by atomic mass is 10.2. The number of pyridine rings is 1. The molecule has 1 atom stereocenters. The maximum atomic E-state index is 13.1. The summed E-state index contributed by atoms with van der Waals surface area (Å²) in [5.74, 6) is 1.34. The quantitative estimate of drug-likeness (QED) is 0.769. The fraction of sp³-hybridized carbons (Fsp3) is 0.143. The summed E-state index contributed by atoms with van der Waals surface area (Å²) in [6.45, 7) is 2.24. The molecule has 1 N–H and O–H groups in total. The average molecular weight is 359 g/mol. The van der Waals surface area contributed by atoms with Crippen LogP contribution in [0, 0.1) is 6.92 Å². The molecule has 6 nitrogen and oxygen atoms in total. The molecule has 2 aromatic carbocycles. The lowest BCUT2D eigenvalue weighted by Gasteiger charge is -2.26. The zero-order valence-electron chi connectivity index (χ0n) is 14.7. The van der Waals surface area contributed by atoms with Crippen molar-refractivity contribution < 1.29 is 14.3 Å². The van der Waals surface area contributed by atoms with Crippen LogP contribution in [0.2, 0.25) is 0 Å². The van der Waals surface area contributed by atoms with E-state index in [0.717, 1.165) is 22.7 Å². The summed E-state index contributed by atoms with van der Waals surface area (Å²) in [6, 6.07) is 17.1. The van der Waals surface area contributed by atoms with Crippen LogP contribution in [-0.2, 0) is 0 Å². The third-order valence-electron chi connectivity index (χ3n) is 4.79. The SMILES string of the molecule is Cc1ccc(N2C(=O)c3cccnc3[C@@H]2Nc2ccc3c(c2)OCO3)cc1. The van der Waals surface area contributed by atoms with Crippen LogP contribution < -0.4 is 19.7 Å². The van der Waals surface area contributed by atoms with Crippen LogP contribution >= 0.6 is 0 Å². The molecule has 134 valence electrons. The first-order valence-electron chi connectivity index (χ1n) is 8.72. The molecule has 2 aliphatic rings. The number of anilines is 2.